The Morgan fingerprint density at radius 2 is 2.05 bits per heavy atom. The van der Waals surface area contributed by atoms with Gasteiger partial charge < -0.3 is 4.74 Å². The molecule has 0 radical (unpaired) electrons. The number of likely N-dealkylation sites (N-methyl/N-ethyl adjacent to an activating group) is 1. The van der Waals surface area contributed by atoms with Gasteiger partial charge in [-0.3, -0.25) is 9.69 Å². The molecular weight excluding hydrogens is 282 g/mol. The van der Waals surface area contributed by atoms with Crippen molar-refractivity contribution in [1.82, 2.24) is 13.5 Å². The Kier molecular flexibility index (Phi) is 6.38. The average molecular weight is 307 g/mol. The zero-order valence-corrected chi connectivity index (χ0v) is 13.5. The summed E-state index contributed by atoms with van der Waals surface area (Å²) in [5.41, 5.74) is 0. The van der Waals surface area contributed by atoms with E-state index >= 15 is 0 Å². The van der Waals surface area contributed by atoms with Crippen LogP contribution in [0.4, 0.5) is 0 Å². The molecule has 1 rings (SSSR count). The Balaban J connectivity index is 2.62. The third-order valence-corrected chi connectivity index (χ3v) is 5.67. The van der Waals surface area contributed by atoms with Gasteiger partial charge in [-0.05, 0) is 13.5 Å². The lowest BCUT2D eigenvalue weighted by Gasteiger charge is -2.39. The molecule has 8 heteroatoms. The van der Waals surface area contributed by atoms with Gasteiger partial charge in [0.15, 0.2) is 0 Å². The quantitative estimate of drug-likeness (QED) is 0.633. The third kappa shape index (κ3) is 4.15. The van der Waals surface area contributed by atoms with Gasteiger partial charge in [-0.2, -0.15) is 17.0 Å². The van der Waals surface area contributed by atoms with Crippen LogP contribution in [0.1, 0.15) is 20.3 Å². The highest BCUT2D eigenvalue weighted by Crippen LogP contribution is 2.15. The van der Waals surface area contributed by atoms with Crippen LogP contribution in [0.25, 0.3) is 0 Å². The number of hydrogen-bond donors (Lipinski definition) is 0. The van der Waals surface area contributed by atoms with E-state index in [-0.39, 0.29) is 19.0 Å². The number of piperazine rings is 1. The van der Waals surface area contributed by atoms with E-state index < -0.39 is 16.2 Å². The highest BCUT2D eigenvalue weighted by Gasteiger charge is 2.33. The normalized spacial score (nSPS) is 22.1. The van der Waals surface area contributed by atoms with Crippen molar-refractivity contribution in [3.8, 4) is 0 Å². The first-order valence-electron chi connectivity index (χ1n) is 6.85. The van der Waals surface area contributed by atoms with Crippen LogP contribution < -0.4 is 0 Å². The van der Waals surface area contributed by atoms with Crippen LogP contribution in [0.15, 0.2) is 0 Å². The Hall–Kier alpha value is -0.700. The Bertz CT molecular complexity index is 426. The molecule has 7 nitrogen and oxygen atoms in total. The lowest BCUT2D eigenvalue weighted by Crippen LogP contribution is -2.56. The largest absolute Gasteiger partial charge is 0.469 e. The second-order valence-corrected chi connectivity index (χ2v) is 7.03. The van der Waals surface area contributed by atoms with Gasteiger partial charge in [0.05, 0.1) is 13.5 Å². The van der Waals surface area contributed by atoms with Crippen molar-refractivity contribution in [1.29, 1.82) is 0 Å². The monoisotopic (exact) mass is 307 g/mol. The van der Waals surface area contributed by atoms with E-state index in [2.05, 4.69) is 16.6 Å². The molecule has 0 N–H and O–H groups in total. The molecule has 0 aliphatic carbocycles. The van der Waals surface area contributed by atoms with Crippen LogP contribution in [-0.4, -0.2) is 80.8 Å². The van der Waals surface area contributed by atoms with Crippen LogP contribution in [0.2, 0.25) is 0 Å². The van der Waals surface area contributed by atoms with Crippen LogP contribution in [0.3, 0.4) is 0 Å². The summed E-state index contributed by atoms with van der Waals surface area (Å²) in [6, 6.07) is 0.206. The van der Waals surface area contributed by atoms with Crippen LogP contribution in [-0.2, 0) is 19.7 Å². The number of carbonyl (C=O) groups is 1. The predicted molar refractivity (Wildman–Crippen MR) is 76.5 cm³/mol. The van der Waals surface area contributed by atoms with Crippen LogP contribution in [0.5, 0.6) is 0 Å². The second kappa shape index (κ2) is 7.35. The zero-order valence-electron chi connectivity index (χ0n) is 12.7. The van der Waals surface area contributed by atoms with Gasteiger partial charge in [0.2, 0.25) is 0 Å². The molecule has 0 aromatic heterocycles. The van der Waals surface area contributed by atoms with Crippen LogP contribution in [0, 0.1) is 0 Å². The van der Waals surface area contributed by atoms with E-state index in [1.54, 1.807) is 0 Å². The molecule has 0 saturated carbocycles. The maximum atomic E-state index is 12.4. The minimum absolute atomic E-state index is 0.0662. The number of ether oxygens (including phenoxy) is 1. The average Bonchev–Trinajstić information content (AvgIpc) is 2.43. The Morgan fingerprint density at radius 1 is 1.40 bits per heavy atom. The SMILES string of the molecule is CCN1CCN(S(=O)(=O)N(C)CCC(=O)OC)CC1C. The summed E-state index contributed by atoms with van der Waals surface area (Å²) in [4.78, 5) is 13.3. The van der Waals surface area contributed by atoms with Gasteiger partial charge in [-0.1, -0.05) is 6.92 Å². The molecule has 1 heterocycles. The summed E-state index contributed by atoms with van der Waals surface area (Å²) in [5.74, 6) is -0.406. The standard InChI is InChI=1S/C12H25N3O4S/c1-5-14-8-9-15(10-11(14)2)20(17,18)13(3)7-6-12(16)19-4/h11H,5-10H2,1-4H3. The fourth-order valence-electron chi connectivity index (χ4n) is 2.30. The maximum absolute atomic E-state index is 12.4. The first kappa shape index (κ1) is 17.4. The van der Waals surface area contributed by atoms with Crippen molar-refractivity contribution in [2.75, 3.05) is 46.9 Å². The molecule has 1 unspecified atom stereocenters. The molecule has 20 heavy (non-hydrogen) atoms. The number of esters is 1. The van der Waals surface area contributed by atoms with E-state index in [1.807, 2.05) is 6.92 Å². The van der Waals surface area contributed by atoms with Gasteiger partial charge in [-0.15, -0.1) is 0 Å². The first-order chi connectivity index (χ1) is 9.32. The summed E-state index contributed by atoms with van der Waals surface area (Å²) in [5, 5.41) is 0. The Morgan fingerprint density at radius 3 is 2.55 bits per heavy atom. The summed E-state index contributed by atoms with van der Waals surface area (Å²) in [6.45, 7) is 6.87. The van der Waals surface area contributed by atoms with Gasteiger partial charge in [-0.25, -0.2) is 0 Å². The highest BCUT2D eigenvalue weighted by molar-refractivity contribution is 7.86. The van der Waals surface area contributed by atoms with E-state index in [0.717, 1.165) is 13.1 Å². The lowest BCUT2D eigenvalue weighted by molar-refractivity contribution is -0.140. The Labute approximate surface area is 121 Å². The summed E-state index contributed by atoms with van der Waals surface area (Å²) in [6.07, 6.45) is 0.0662. The topological polar surface area (TPSA) is 70.2 Å². The molecule has 1 atom stereocenters. The predicted octanol–water partition coefficient (Wildman–Crippen LogP) is -0.248. The molecule has 1 saturated heterocycles. The van der Waals surface area contributed by atoms with Crippen molar-refractivity contribution in [2.24, 2.45) is 0 Å². The van der Waals surface area contributed by atoms with Gasteiger partial charge in [0, 0.05) is 39.3 Å². The van der Waals surface area contributed by atoms with E-state index in [4.69, 9.17) is 0 Å². The highest BCUT2D eigenvalue weighted by atomic mass is 32.2. The van der Waals surface area contributed by atoms with Crippen molar-refractivity contribution in [2.45, 2.75) is 26.3 Å². The fraction of sp³-hybridized carbons (Fsp3) is 0.917. The molecule has 1 aliphatic rings. The number of hydrogen-bond acceptors (Lipinski definition) is 5. The molecule has 0 aromatic rings. The van der Waals surface area contributed by atoms with Crippen molar-refractivity contribution < 1.29 is 17.9 Å². The zero-order chi connectivity index (χ0) is 15.3. The third-order valence-electron chi connectivity index (χ3n) is 3.71. The fourth-order valence-corrected chi connectivity index (χ4v) is 3.74. The van der Waals surface area contributed by atoms with Crippen molar-refractivity contribution >= 4 is 16.2 Å². The smallest absolute Gasteiger partial charge is 0.306 e. The molecule has 118 valence electrons. The number of rotatable bonds is 6. The summed E-state index contributed by atoms with van der Waals surface area (Å²) < 4.78 is 32.0. The minimum atomic E-state index is -3.50. The van der Waals surface area contributed by atoms with E-state index in [1.165, 1.54) is 22.8 Å². The molecule has 0 bridgehead atoms. The van der Waals surface area contributed by atoms with Crippen molar-refractivity contribution in [3.05, 3.63) is 0 Å². The molecule has 0 spiro atoms. The van der Waals surface area contributed by atoms with Gasteiger partial charge in [0.25, 0.3) is 10.2 Å². The molecular formula is C12H25N3O4S. The number of nitrogens with zero attached hydrogens (tertiary/aromatic N) is 3. The minimum Gasteiger partial charge on any atom is -0.469 e. The molecule has 1 fully saturated rings. The lowest BCUT2D eigenvalue weighted by atomic mass is 10.2. The van der Waals surface area contributed by atoms with Crippen LogP contribution >= 0.6 is 0 Å². The van der Waals surface area contributed by atoms with E-state index in [0.29, 0.717) is 13.1 Å². The van der Waals surface area contributed by atoms with Gasteiger partial charge in [0.1, 0.15) is 0 Å². The van der Waals surface area contributed by atoms with Gasteiger partial charge >= 0.3 is 5.97 Å². The second-order valence-electron chi connectivity index (χ2n) is 4.99. The van der Waals surface area contributed by atoms with Crippen molar-refractivity contribution in [3.63, 3.8) is 0 Å². The first-order valence-corrected chi connectivity index (χ1v) is 8.24. The number of carbonyl (C=O) groups excluding carboxylic acids is 1. The summed E-state index contributed by atoms with van der Waals surface area (Å²) >= 11 is 0. The maximum Gasteiger partial charge on any atom is 0.306 e. The molecule has 0 amide bonds. The molecule has 0 aromatic carbocycles. The van der Waals surface area contributed by atoms with E-state index in [9.17, 15) is 13.2 Å². The summed E-state index contributed by atoms with van der Waals surface area (Å²) in [7, 11) is -0.709. The number of methoxy groups -OCH3 is 1. The molecule has 1 aliphatic heterocycles.